The zero-order valence-electron chi connectivity index (χ0n) is 21.2. The van der Waals surface area contributed by atoms with Crippen LogP contribution in [0.5, 0.6) is 17.2 Å². The van der Waals surface area contributed by atoms with E-state index in [-0.39, 0.29) is 17.9 Å². The van der Waals surface area contributed by atoms with E-state index in [1.165, 1.54) is 11.2 Å². The first kappa shape index (κ1) is 25.9. The van der Waals surface area contributed by atoms with Crippen LogP contribution in [0.4, 0.5) is 0 Å². The van der Waals surface area contributed by atoms with Gasteiger partial charge in [0, 0.05) is 5.56 Å². The average molecular weight is 506 g/mol. The predicted molar refractivity (Wildman–Crippen MR) is 138 cm³/mol. The summed E-state index contributed by atoms with van der Waals surface area (Å²) in [5, 5.41) is 11.3. The highest BCUT2D eigenvalue weighted by atomic mass is 16.5. The van der Waals surface area contributed by atoms with E-state index < -0.39 is 17.7 Å². The van der Waals surface area contributed by atoms with Gasteiger partial charge in [-0.05, 0) is 74.4 Å². The van der Waals surface area contributed by atoms with Crippen molar-refractivity contribution in [3.8, 4) is 17.2 Å². The summed E-state index contributed by atoms with van der Waals surface area (Å²) in [6, 6.07) is 14.6. The summed E-state index contributed by atoms with van der Waals surface area (Å²) in [4.78, 5) is 27.9. The molecule has 0 aliphatic carbocycles. The molecule has 2 heterocycles. The quantitative estimate of drug-likeness (QED) is 0.209. The molecule has 37 heavy (non-hydrogen) atoms. The van der Waals surface area contributed by atoms with Gasteiger partial charge >= 0.3 is 0 Å². The van der Waals surface area contributed by atoms with Gasteiger partial charge in [0.25, 0.3) is 11.7 Å². The molecule has 1 unspecified atom stereocenters. The molecular weight excluding hydrogens is 474 g/mol. The fourth-order valence-corrected chi connectivity index (χ4v) is 4.29. The Morgan fingerprint density at radius 3 is 2.35 bits per heavy atom. The molecule has 1 aliphatic heterocycles. The number of carbonyl (C=O) groups is 2. The van der Waals surface area contributed by atoms with Crippen LogP contribution in [-0.4, -0.2) is 41.5 Å². The maximum atomic E-state index is 13.3. The minimum atomic E-state index is -0.865. The number of amides is 1. The van der Waals surface area contributed by atoms with Crippen LogP contribution >= 0.6 is 0 Å². The van der Waals surface area contributed by atoms with Gasteiger partial charge in [0.15, 0.2) is 11.5 Å². The monoisotopic (exact) mass is 505 g/mol. The lowest BCUT2D eigenvalue weighted by molar-refractivity contribution is -0.140. The number of nitrogens with zero attached hydrogens (tertiary/aromatic N) is 1. The van der Waals surface area contributed by atoms with E-state index in [0.717, 1.165) is 6.42 Å². The van der Waals surface area contributed by atoms with Crippen LogP contribution < -0.4 is 14.2 Å². The Morgan fingerprint density at radius 2 is 1.70 bits per heavy atom. The molecule has 194 valence electrons. The molecule has 3 aromatic rings. The number of benzene rings is 2. The fraction of sp³-hybridized carbons (Fsp3) is 0.310. The number of hydrogen-bond acceptors (Lipinski definition) is 7. The standard InChI is InChI=1S/C29H31NO7/c1-4-15-37-23-14-11-20(17-24(23)35-6-3)26-25(27(31)19-9-12-21(13-10-19)34-5-2)28(32)29(33)30(26)18-22-8-7-16-36-22/h7-14,16-17,26,31H,4-6,15,18H2,1-3H3. The first-order chi connectivity index (χ1) is 18.0. The molecule has 4 rings (SSSR count). The second-order valence-electron chi connectivity index (χ2n) is 8.45. The highest BCUT2D eigenvalue weighted by Gasteiger charge is 2.46. The van der Waals surface area contributed by atoms with E-state index in [1.54, 1.807) is 54.6 Å². The van der Waals surface area contributed by atoms with Crippen molar-refractivity contribution in [1.29, 1.82) is 0 Å². The molecule has 0 radical (unpaired) electrons. The normalized spacial score (nSPS) is 16.7. The SMILES string of the molecule is CCCOc1ccc(C2C(=C(O)c3ccc(OCC)cc3)C(=O)C(=O)N2Cc2ccco2)cc1OCC. The van der Waals surface area contributed by atoms with Crippen molar-refractivity contribution in [3.05, 3.63) is 83.3 Å². The first-order valence-electron chi connectivity index (χ1n) is 12.4. The Hall–Kier alpha value is -4.20. The number of Topliss-reactive ketones (excluding diaryl/α,β-unsaturated/α-hetero) is 1. The van der Waals surface area contributed by atoms with Crippen LogP contribution in [0.15, 0.2) is 70.9 Å². The Morgan fingerprint density at radius 1 is 0.946 bits per heavy atom. The van der Waals surface area contributed by atoms with Crippen molar-refractivity contribution in [2.45, 2.75) is 39.8 Å². The maximum absolute atomic E-state index is 13.3. The van der Waals surface area contributed by atoms with Gasteiger partial charge in [-0.2, -0.15) is 0 Å². The summed E-state index contributed by atoms with van der Waals surface area (Å²) >= 11 is 0. The van der Waals surface area contributed by atoms with Crippen LogP contribution in [0, 0.1) is 0 Å². The molecule has 1 amide bonds. The Balaban J connectivity index is 1.83. The summed E-state index contributed by atoms with van der Waals surface area (Å²) in [7, 11) is 0. The minimum absolute atomic E-state index is 0.00890. The topological polar surface area (TPSA) is 98.4 Å². The highest BCUT2D eigenvalue weighted by molar-refractivity contribution is 6.46. The number of rotatable bonds is 11. The van der Waals surface area contributed by atoms with E-state index in [1.807, 2.05) is 20.8 Å². The third-order valence-electron chi connectivity index (χ3n) is 5.93. The average Bonchev–Trinajstić information content (AvgIpc) is 3.51. The van der Waals surface area contributed by atoms with Crippen molar-refractivity contribution in [3.63, 3.8) is 0 Å². The summed E-state index contributed by atoms with van der Waals surface area (Å²) in [6.07, 6.45) is 2.34. The van der Waals surface area contributed by atoms with Crippen LogP contribution in [0.3, 0.4) is 0 Å². The van der Waals surface area contributed by atoms with Crippen LogP contribution in [0.2, 0.25) is 0 Å². The van der Waals surface area contributed by atoms with Crippen molar-refractivity contribution in [2.24, 2.45) is 0 Å². The lowest BCUT2D eigenvalue weighted by Gasteiger charge is -2.25. The Bertz CT molecular complexity index is 1260. The van der Waals surface area contributed by atoms with Gasteiger partial charge in [-0.3, -0.25) is 9.59 Å². The summed E-state index contributed by atoms with van der Waals surface area (Å²) < 4.78 is 22.6. The van der Waals surface area contributed by atoms with Gasteiger partial charge in [0.2, 0.25) is 0 Å². The number of ketones is 1. The van der Waals surface area contributed by atoms with Crippen molar-refractivity contribution < 1.29 is 33.3 Å². The number of carbonyl (C=O) groups excluding carboxylic acids is 2. The number of hydrogen-bond donors (Lipinski definition) is 1. The second-order valence-corrected chi connectivity index (χ2v) is 8.45. The molecule has 8 nitrogen and oxygen atoms in total. The molecule has 0 saturated carbocycles. The van der Waals surface area contributed by atoms with Gasteiger partial charge in [-0.1, -0.05) is 13.0 Å². The summed E-state index contributed by atoms with van der Waals surface area (Å²) in [5.74, 6) is 0.460. The van der Waals surface area contributed by atoms with Gasteiger partial charge in [0.1, 0.15) is 17.3 Å². The lowest BCUT2D eigenvalue weighted by Crippen LogP contribution is -2.29. The molecule has 1 aromatic heterocycles. The Kier molecular flexibility index (Phi) is 8.18. The molecule has 1 saturated heterocycles. The van der Waals surface area contributed by atoms with Gasteiger partial charge in [0.05, 0.1) is 44.2 Å². The Labute approximate surface area is 216 Å². The third-order valence-corrected chi connectivity index (χ3v) is 5.93. The van der Waals surface area contributed by atoms with Gasteiger partial charge < -0.3 is 28.6 Å². The number of aliphatic hydroxyl groups is 1. The molecule has 1 fully saturated rings. The maximum Gasteiger partial charge on any atom is 0.296 e. The van der Waals surface area contributed by atoms with Crippen molar-refractivity contribution >= 4 is 17.4 Å². The first-order valence-corrected chi connectivity index (χ1v) is 12.4. The largest absolute Gasteiger partial charge is 0.507 e. The smallest absolute Gasteiger partial charge is 0.296 e. The molecule has 8 heteroatoms. The molecule has 1 aliphatic rings. The fourth-order valence-electron chi connectivity index (χ4n) is 4.29. The zero-order chi connectivity index (χ0) is 26.4. The number of furan rings is 1. The van der Waals surface area contributed by atoms with Crippen LogP contribution in [0.1, 0.15) is 50.1 Å². The van der Waals surface area contributed by atoms with E-state index in [9.17, 15) is 14.7 Å². The van der Waals surface area contributed by atoms with E-state index in [0.29, 0.717) is 54.0 Å². The highest BCUT2D eigenvalue weighted by Crippen LogP contribution is 2.43. The second kappa shape index (κ2) is 11.7. The molecule has 0 spiro atoms. The van der Waals surface area contributed by atoms with E-state index >= 15 is 0 Å². The van der Waals surface area contributed by atoms with Crippen LogP contribution in [0.25, 0.3) is 5.76 Å². The van der Waals surface area contributed by atoms with E-state index in [4.69, 9.17) is 18.6 Å². The number of ether oxygens (including phenoxy) is 3. The molecular formula is C29H31NO7. The predicted octanol–water partition coefficient (Wildman–Crippen LogP) is 5.49. The van der Waals surface area contributed by atoms with E-state index in [2.05, 4.69) is 0 Å². The third kappa shape index (κ3) is 5.48. The number of aliphatic hydroxyl groups excluding tert-OH is 1. The van der Waals surface area contributed by atoms with Gasteiger partial charge in [-0.25, -0.2) is 0 Å². The molecule has 1 atom stereocenters. The summed E-state index contributed by atoms with van der Waals surface area (Å²) in [6.45, 7) is 7.24. The van der Waals surface area contributed by atoms with Gasteiger partial charge in [-0.15, -0.1) is 0 Å². The molecule has 0 bridgehead atoms. The zero-order valence-corrected chi connectivity index (χ0v) is 21.2. The summed E-state index contributed by atoms with van der Waals surface area (Å²) in [5.41, 5.74) is 0.994. The van der Waals surface area contributed by atoms with Crippen LogP contribution in [-0.2, 0) is 16.1 Å². The minimum Gasteiger partial charge on any atom is -0.507 e. The van der Waals surface area contributed by atoms with Crippen molar-refractivity contribution in [2.75, 3.05) is 19.8 Å². The molecule has 2 aromatic carbocycles. The van der Waals surface area contributed by atoms with Crippen molar-refractivity contribution in [1.82, 2.24) is 4.90 Å². The number of likely N-dealkylation sites (tertiary alicyclic amines) is 1. The lowest BCUT2D eigenvalue weighted by atomic mass is 9.95. The molecule has 1 N–H and O–H groups in total.